The molecule has 0 saturated carbocycles. The highest BCUT2D eigenvalue weighted by molar-refractivity contribution is 7.80. The van der Waals surface area contributed by atoms with Crippen LogP contribution >= 0.6 is 12.6 Å². The molecule has 0 aliphatic carbocycles. The predicted octanol–water partition coefficient (Wildman–Crippen LogP) is -6.71. The van der Waals surface area contributed by atoms with E-state index in [2.05, 4.69) is 65.1 Å². The number of amides is 8. The van der Waals surface area contributed by atoms with Gasteiger partial charge in [-0.1, -0.05) is 27.7 Å². The van der Waals surface area contributed by atoms with E-state index < -0.39 is 127 Å². The molecule has 0 rings (SSSR count). The lowest BCUT2D eigenvalue weighted by atomic mass is 10.0. The molecule has 0 saturated heterocycles. The Hall–Kier alpha value is -5.96. The van der Waals surface area contributed by atoms with Gasteiger partial charge >= 0.3 is 5.97 Å². The number of thiol groups is 1. The number of aliphatic hydroxyl groups is 1. The molecule has 0 aromatic rings. The van der Waals surface area contributed by atoms with Crippen LogP contribution in [0.4, 0.5) is 0 Å². The fourth-order valence-electron chi connectivity index (χ4n) is 5.25. The van der Waals surface area contributed by atoms with Gasteiger partial charge in [0.1, 0.15) is 42.3 Å². The summed E-state index contributed by atoms with van der Waals surface area (Å²) in [6.07, 6.45) is 0.855. The van der Waals surface area contributed by atoms with Gasteiger partial charge in [-0.3, -0.25) is 48.3 Å². The van der Waals surface area contributed by atoms with Crippen LogP contribution in [-0.4, -0.2) is 156 Å². The van der Waals surface area contributed by atoms with E-state index in [-0.39, 0.29) is 50.0 Å². The average molecular weight is 918 g/mol. The van der Waals surface area contributed by atoms with Crippen molar-refractivity contribution in [2.24, 2.45) is 50.5 Å². The number of hydrogen-bond donors (Lipinski definition) is 16. The number of hydrogen-bond acceptors (Lipinski definition) is 14. The van der Waals surface area contributed by atoms with Crippen LogP contribution < -0.4 is 71.2 Å². The lowest BCUT2D eigenvalue weighted by Crippen LogP contribution is -2.60. The molecule has 0 aliphatic heterocycles. The molecule has 63 heavy (non-hydrogen) atoms. The van der Waals surface area contributed by atoms with E-state index in [0.717, 1.165) is 0 Å². The number of rotatable bonds is 29. The summed E-state index contributed by atoms with van der Waals surface area (Å²) in [7, 11) is 0. The summed E-state index contributed by atoms with van der Waals surface area (Å²) in [6.45, 7) is 7.82. The Balaban J connectivity index is 5.31. The average Bonchev–Trinajstić information content (AvgIpc) is 3.20. The molecule has 8 atom stereocenters. The SMILES string of the molecule is CC(C)[C@H](NC(=O)CNC(=O)[C@H](CS)NC(=O)[C@@H](NC(=O)[C@@H](N)CCCN=C(N)N)C(C)C)C(=O)N[C@@H](CO)C(=O)N[C@@H](C)C(=O)N[C@@H](C)C(=O)N[C@@H](CCCN=C(N)N)C(=O)O. The van der Waals surface area contributed by atoms with Gasteiger partial charge in [0.2, 0.25) is 47.3 Å². The second-order valence-electron chi connectivity index (χ2n) is 15.1. The number of aliphatic hydroxyl groups excluding tert-OH is 1. The molecule has 0 aromatic carbocycles. The fraction of sp³-hybridized carbons (Fsp3) is 0.694. The molecular formula is C36H67N15O11S. The van der Waals surface area contributed by atoms with Crippen LogP contribution in [0, 0.1) is 11.8 Å². The van der Waals surface area contributed by atoms with Crippen LogP contribution in [0.1, 0.15) is 67.2 Å². The predicted molar refractivity (Wildman–Crippen MR) is 234 cm³/mol. The number of carboxylic acid groups (broad SMARTS) is 1. The van der Waals surface area contributed by atoms with E-state index in [1.807, 2.05) is 0 Å². The third-order valence-corrected chi connectivity index (χ3v) is 9.30. The molecule has 8 amide bonds. The van der Waals surface area contributed by atoms with Crippen molar-refractivity contribution in [1.82, 2.24) is 42.5 Å². The Morgan fingerprint density at radius 1 is 0.556 bits per heavy atom. The molecule has 0 spiro atoms. The lowest BCUT2D eigenvalue weighted by molar-refractivity contribution is -0.142. The normalized spacial score (nSPS) is 14.7. The van der Waals surface area contributed by atoms with Gasteiger partial charge in [-0.05, 0) is 51.4 Å². The van der Waals surface area contributed by atoms with Crippen molar-refractivity contribution in [3.8, 4) is 0 Å². The maximum Gasteiger partial charge on any atom is 0.326 e. The monoisotopic (exact) mass is 917 g/mol. The zero-order valence-corrected chi connectivity index (χ0v) is 37.3. The van der Waals surface area contributed by atoms with Crippen molar-refractivity contribution < 1.29 is 53.4 Å². The lowest BCUT2D eigenvalue weighted by Gasteiger charge is -2.26. The summed E-state index contributed by atoms with van der Waals surface area (Å²) in [5, 5.41) is 38.5. The zero-order valence-electron chi connectivity index (χ0n) is 36.4. The van der Waals surface area contributed by atoms with Crippen molar-refractivity contribution in [2.45, 2.75) is 116 Å². The Morgan fingerprint density at radius 3 is 1.46 bits per heavy atom. The fourth-order valence-corrected chi connectivity index (χ4v) is 5.51. The van der Waals surface area contributed by atoms with Crippen LogP contribution in [0.15, 0.2) is 9.98 Å². The number of carbonyl (C=O) groups excluding carboxylic acids is 8. The van der Waals surface area contributed by atoms with E-state index in [1.54, 1.807) is 27.7 Å². The Morgan fingerprint density at radius 2 is 1.00 bits per heavy atom. The van der Waals surface area contributed by atoms with Crippen molar-refractivity contribution in [1.29, 1.82) is 0 Å². The Bertz CT molecular complexity index is 1640. The first-order valence-corrected chi connectivity index (χ1v) is 20.7. The molecule has 0 fully saturated rings. The summed E-state index contributed by atoms with van der Waals surface area (Å²) >= 11 is 4.13. The number of nitrogens with two attached hydrogens (primary N) is 5. The van der Waals surface area contributed by atoms with E-state index >= 15 is 0 Å². The number of nitrogens with zero attached hydrogens (tertiary/aromatic N) is 2. The summed E-state index contributed by atoms with van der Waals surface area (Å²) in [5.74, 6) is -9.37. The molecule has 26 nitrogen and oxygen atoms in total. The van der Waals surface area contributed by atoms with Crippen LogP contribution in [0.25, 0.3) is 0 Å². The smallest absolute Gasteiger partial charge is 0.326 e. The van der Waals surface area contributed by atoms with E-state index in [1.165, 1.54) is 13.8 Å². The van der Waals surface area contributed by atoms with E-state index in [9.17, 15) is 53.4 Å². The Kier molecular flexibility index (Phi) is 26.6. The van der Waals surface area contributed by atoms with Gasteiger partial charge in [0.15, 0.2) is 11.9 Å². The molecule has 27 heteroatoms. The largest absolute Gasteiger partial charge is 0.480 e. The third-order valence-electron chi connectivity index (χ3n) is 8.94. The minimum atomic E-state index is -1.60. The molecule has 0 bridgehead atoms. The van der Waals surface area contributed by atoms with Crippen molar-refractivity contribution in [2.75, 3.05) is 32.0 Å². The molecule has 20 N–H and O–H groups in total. The van der Waals surface area contributed by atoms with Crippen molar-refractivity contribution in [3.63, 3.8) is 0 Å². The van der Waals surface area contributed by atoms with Crippen LogP contribution in [0.3, 0.4) is 0 Å². The summed E-state index contributed by atoms with van der Waals surface area (Å²) in [6, 6.07) is -10.1. The summed E-state index contributed by atoms with van der Waals surface area (Å²) < 4.78 is 0. The summed E-state index contributed by atoms with van der Waals surface area (Å²) in [4.78, 5) is 123. The molecular weight excluding hydrogens is 851 g/mol. The summed E-state index contributed by atoms with van der Waals surface area (Å²) in [5.41, 5.74) is 27.0. The molecule has 0 aromatic heterocycles. The highest BCUT2D eigenvalue weighted by atomic mass is 32.1. The minimum absolute atomic E-state index is 0.0122. The standard InChI is InChI=1S/C36H67N15O11S/c1-16(2)25(50-24(53)13-44-30(57)23(15-63)49-33(60)26(17(3)4)51-29(56)20(37)9-7-11-42-35(38)39)32(59)48-22(14-52)31(58)46-18(5)27(54)45-19(6)28(55)47-21(34(61)62)10-8-12-43-36(40)41/h16-23,25-26,52,63H,7-15,37H2,1-6H3,(H,44,57)(H,45,54)(H,46,58)(H,47,55)(H,48,59)(H,49,60)(H,50,53)(H,51,56)(H,61,62)(H4,38,39,42)(H4,40,41,43)/t18-,19-,20-,21-,22-,23-,25-,26-/m0/s1. The first kappa shape index (κ1) is 57.0. The minimum Gasteiger partial charge on any atom is -0.480 e. The molecule has 0 heterocycles. The van der Waals surface area contributed by atoms with Gasteiger partial charge < -0.3 is 81.4 Å². The number of guanidine groups is 2. The van der Waals surface area contributed by atoms with Gasteiger partial charge in [-0.15, -0.1) is 0 Å². The number of aliphatic imine (C=N–C) groups is 2. The molecule has 0 aliphatic rings. The van der Waals surface area contributed by atoms with Gasteiger partial charge in [0, 0.05) is 18.8 Å². The molecule has 0 unspecified atom stereocenters. The van der Waals surface area contributed by atoms with Gasteiger partial charge in [-0.2, -0.15) is 12.6 Å². The van der Waals surface area contributed by atoms with Crippen LogP contribution in [-0.2, 0) is 43.2 Å². The first-order valence-electron chi connectivity index (χ1n) is 20.1. The highest BCUT2D eigenvalue weighted by Crippen LogP contribution is 2.07. The Labute approximate surface area is 371 Å². The number of carbonyl (C=O) groups is 9. The highest BCUT2D eigenvalue weighted by Gasteiger charge is 2.33. The third kappa shape index (κ3) is 22.6. The maximum absolute atomic E-state index is 13.2. The first-order chi connectivity index (χ1) is 29.4. The van der Waals surface area contributed by atoms with Gasteiger partial charge in [-0.25, -0.2) is 4.79 Å². The second-order valence-corrected chi connectivity index (χ2v) is 15.5. The zero-order chi connectivity index (χ0) is 48.6. The van der Waals surface area contributed by atoms with Gasteiger partial charge in [0.05, 0.1) is 19.2 Å². The molecule has 358 valence electrons. The van der Waals surface area contributed by atoms with E-state index in [4.69, 9.17) is 28.7 Å². The van der Waals surface area contributed by atoms with Crippen molar-refractivity contribution in [3.05, 3.63) is 0 Å². The maximum atomic E-state index is 13.2. The number of carboxylic acids is 1. The van der Waals surface area contributed by atoms with Gasteiger partial charge in [0.25, 0.3) is 0 Å². The van der Waals surface area contributed by atoms with E-state index in [0.29, 0.717) is 6.42 Å². The quantitative estimate of drug-likeness (QED) is 0.0144. The van der Waals surface area contributed by atoms with Crippen LogP contribution in [0.5, 0.6) is 0 Å². The second kappa shape index (κ2) is 29.4. The number of nitrogens with one attached hydrogen (secondary N) is 8. The topological polar surface area (TPSA) is 445 Å². The van der Waals surface area contributed by atoms with Crippen molar-refractivity contribution >= 4 is 77.8 Å². The molecule has 0 radical (unpaired) electrons. The number of aliphatic carboxylic acids is 1. The van der Waals surface area contributed by atoms with Crippen LogP contribution in [0.2, 0.25) is 0 Å².